The zero-order chi connectivity index (χ0) is 19.8. The summed E-state index contributed by atoms with van der Waals surface area (Å²) in [6.07, 6.45) is 1.55. The van der Waals surface area contributed by atoms with Crippen LogP contribution < -0.4 is 20.1 Å². The van der Waals surface area contributed by atoms with E-state index in [4.69, 9.17) is 13.9 Å². The summed E-state index contributed by atoms with van der Waals surface area (Å²) in [5.41, 5.74) is 0.939. The van der Waals surface area contributed by atoms with Crippen molar-refractivity contribution in [1.82, 2.24) is 5.32 Å². The number of hydrogen-bond acceptors (Lipinski definition) is 5. The van der Waals surface area contributed by atoms with E-state index in [-0.39, 0.29) is 25.0 Å². The van der Waals surface area contributed by atoms with Crippen molar-refractivity contribution in [3.8, 4) is 11.5 Å². The molecule has 0 radical (unpaired) electrons. The summed E-state index contributed by atoms with van der Waals surface area (Å²) in [5.74, 6) is 1.33. The summed E-state index contributed by atoms with van der Waals surface area (Å²) < 4.78 is 15.7. The van der Waals surface area contributed by atoms with Crippen molar-refractivity contribution in [3.05, 3.63) is 78.3 Å². The van der Waals surface area contributed by atoms with Crippen molar-refractivity contribution in [2.45, 2.75) is 6.54 Å². The molecule has 0 saturated carbocycles. The van der Waals surface area contributed by atoms with Gasteiger partial charge in [0.05, 0.1) is 19.9 Å². The number of carbonyl (C=O) groups is 2. The van der Waals surface area contributed by atoms with Crippen LogP contribution in [0.2, 0.25) is 0 Å². The highest BCUT2D eigenvalue weighted by molar-refractivity contribution is 5.97. The van der Waals surface area contributed by atoms with Gasteiger partial charge in [-0.05, 0) is 54.6 Å². The number of benzene rings is 2. The second-order valence-corrected chi connectivity index (χ2v) is 5.86. The van der Waals surface area contributed by atoms with Crippen molar-refractivity contribution in [2.24, 2.45) is 0 Å². The van der Waals surface area contributed by atoms with Gasteiger partial charge in [-0.15, -0.1) is 0 Å². The minimum atomic E-state index is -0.330. The SMILES string of the molecule is COc1ccc(OCC(=O)Nc2cccc(C(=O)NCc3ccco3)c2)cc1. The predicted molar refractivity (Wildman–Crippen MR) is 103 cm³/mol. The Balaban J connectivity index is 1.51. The smallest absolute Gasteiger partial charge is 0.262 e. The van der Waals surface area contributed by atoms with Gasteiger partial charge in [0.25, 0.3) is 11.8 Å². The van der Waals surface area contributed by atoms with Crippen molar-refractivity contribution in [3.63, 3.8) is 0 Å². The van der Waals surface area contributed by atoms with Gasteiger partial charge < -0.3 is 24.5 Å². The maximum Gasteiger partial charge on any atom is 0.262 e. The summed E-state index contributed by atoms with van der Waals surface area (Å²) in [7, 11) is 1.58. The van der Waals surface area contributed by atoms with Crippen LogP contribution in [0.3, 0.4) is 0 Å². The molecule has 1 aromatic heterocycles. The van der Waals surface area contributed by atoms with Crippen LogP contribution in [0.4, 0.5) is 5.69 Å². The van der Waals surface area contributed by atoms with Gasteiger partial charge in [-0.2, -0.15) is 0 Å². The van der Waals surface area contributed by atoms with Gasteiger partial charge in [-0.3, -0.25) is 9.59 Å². The zero-order valence-corrected chi connectivity index (χ0v) is 15.3. The topological polar surface area (TPSA) is 89.8 Å². The van der Waals surface area contributed by atoms with E-state index in [1.54, 1.807) is 74.0 Å². The Morgan fingerprint density at radius 1 is 1.00 bits per heavy atom. The molecule has 1 heterocycles. The highest BCUT2D eigenvalue weighted by Gasteiger charge is 2.09. The Bertz CT molecular complexity index is 920. The minimum absolute atomic E-state index is 0.152. The molecule has 0 saturated heterocycles. The van der Waals surface area contributed by atoms with Crippen molar-refractivity contribution in [1.29, 1.82) is 0 Å². The molecule has 3 aromatic rings. The largest absolute Gasteiger partial charge is 0.497 e. The normalized spacial score (nSPS) is 10.2. The Morgan fingerprint density at radius 2 is 1.79 bits per heavy atom. The molecule has 0 fully saturated rings. The number of hydrogen-bond donors (Lipinski definition) is 2. The first kappa shape index (κ1) is 19.0. The lowest BCUT2D eigenvalue weighted by Crippen LogP contribution is -2.23. The van der Waals surface area contributed by atoms with Crippen LogP contribution in [0, 0.1) is 0 Å². The lowest BCUT2D eigenvalue weighted by Gasteiger charge is -2.09. The average molecular weight is 380 g/mol. The maximum atomic E-state index is 12.2. The number of furan rings is 1. The summed E-state index contributed by atoms with van der Waals surface area (Å²) in [5, 5.41) is 5.47. The molecule has 2 amide bonds. The van der Waals surface area contributed by atoms with Crippen molar-refractivity contribution < 1.29 is 23.5 Å². The first-order chi connectivity index (χ1) is 13.6. The number of carbonyl (C=O) groups excluding carboxylic acids is 2. The van der Waals surface area contributed by atoms with E-state index in [1.807, 2.05) is 0 Å². The quantitative estimate of drug-likeness (QED) is 0.626. The number of anilines is 1. The first-order valence-electron chi connectivity index (χ1n) is 8.61. The molecular weight excluding hydrogens is 360 g/mol. The molecule has 3 rings (SSSR count). The minimum Gasteiger partial charge on any atom is -0.497 e. The van der Waals surface area contributed by atoms with Crippen LogP contribution in [-0.2, 0) is 11.3 Å². The Labute approximate surface area is 162 Å². The molecule has 0 aliphatic carbocycles. The van der Waals surface area contributed by atoms with Gasteiger partial charge in [0, 0.05) is 11.3 Å². The van der Waals surface area contributed by atoms with E-state index in [0.717, 1.165) is 0 Å². The van der Waals surface area contributed by atoms with Crippen LogP contribution in [0.25, 0.3) is 0 Å². The summed E-state index contributed by atoms with van der Waals surface area (Å²) in [4.78, 5) is 24.3. The van der Waals surface area contributed by atoms with Crippen LogP contribution in [0.1, 0.15) is 16.1 Å². The monoisotopic (exact) mass is 380 g/mol. The standard InChI is InChI=1S/C21H20N2O5/c1-26-17-7-9-18(10-8-17)28-14-20(24)23-16-5-2-4-15(12-16)21(25)22-13-19-6-3-11-27-19/h2-12H,13-14H2,1H3,(H,22,25)(H,23,24). The van der Waals surface area contributed by atoms with Crippen LogP contribution in [-0.4, -0.2) is 25.5 Å². The lowest BCUT2D eigenvalue weighted by molar-refractivity contribution is -0.118. The molecule has 2 aromatic carbocycles. The highest BCUT2D eigenvalue weighted by Crippen LogP contribution is 2.17. The zero-order valence-electron chi connectivity index (χ0n) is 15.3. The third-order valence-electron chi connectivity index (χ3n) is 3.84. The van der Waals surface area contributed by atoms with Gasteiger partial charge in [0.2, 0.25) is 0 Å². The highest BCUT2D eigenvalue weighted by atomic mass is 16.5. The molecule has 28 heavy (non-hydrogen) atoms. The third-order valence-corrected chi connectivity index (χ3v) is 3.84. The molecule has 0 bridgehead atoms. The Kier molecular flexibility index (Phi) is 6.30. The lowest BCUT2D eigenvalue weighted by atomic mass is 10.2. The van der Waals surface area contributed by atoms with Gasteiger partial charge in [-0.25, -0.2) is 0 Å². The molecule has 7 heteroatoms. The number of nitrogens with one attached hydrogen (secondary N) is 2. The first-order valence-corrected chi connectivity index (χ1v) is 8.61. The van der Waals surface area contributed by atoms with E-state index >= 15 is 0 Å². The Hall–Kier alpha value is -3.74. The molecule has 0 unspecified atom stereocenters. The van der Waals surface area contributed by atoms with Crippen LogP contribution in [0.5, 0.6) is 11.5 Å². The van der Waals surface area contributed by atoms with E-state index in [1.165, 1.54) is 0 Å². The number of methoxy groups -OCH3 is 1. The number of rotatable bonds is 8. The number of amides is 2. The van der Waals surface area contributed by atoms with E-state index in [9.17, 15) is 9.59 Å². The fraction of sp³-hybridized carbons (Fsp3) is 0.143. The van der Waals surface area contributed by atoms with Gasteiger partial charge in [0.1, 0.15) is 17.3 Å². The van der Waals surface area contributed by atoms with Gasteiger partial charge in [0.15, 0.2) is 6.61 Å². The fourth-order valence-electron chi connectivity index (χ4n) is 2.44. The molecule has 144 valence electrons. The van der Waals surface area contributed by atoms with Gasteiger partial charge >= 0.3 is 0 Å². The van der Waals surface area contributed by atoms with Crippen LogP contribution >= 0.6 is 0 Å². The fourth-order valence-corrected chi connectivity index (χ4v) is 2.44. The van der Waals surface area contributed by atoms with E-state index in [0.29, 0.717) is 28.5 Å². The molecule has 0 spiro atoms. The molecule has 0 aliphatic rings. The van der Waals surface area contributed by atoms with Gasteiger partial charge in [-0.1, -0.05) is 6.07 Å². The summed E-state index contributed by atoms with van der Waals surface area (Å²) in [6, 6.07) is 17.1. The molecular formula is C21H20N2O5. The van der Waals surface area contributed by atoms with Crippen molar-refractivity contribution >= 4 is 17.5 Å². The molecule has 7 nitrogen and oxygen atoms in total. The number of ether oxygens (including phenoxy) is 2. The Morgan fingerprint density at radius 3 is 2.50 bits per heavy atom. The van der Waals surface area contributed by atoms with Crippen LogP contribution in [0.15, 0.2) is 71.3 Å². The average Bonchev–Trinajstić information content (AvgIpc) is 3.25. The third kappa shape index (κ3) is 5.38. The van der Waals surface area contributed by atoms with E-state index in [2.05, 4.69) is 10.6 Å². The second-order valence-electron chi connectivity index (χ2n) is 5.86. The summed E-state index contributed by atoms with van der Waals surface area (Å²) >= 11 is 0. The summed E-state index contributed by atoms with van der Waals surface area (Å²) in [6.45, 7) is 0.138. The second kappa shape index (κ2) is 9.27. The van der Waals surface area contributed by atoms with E-state index < -0.39 is 0 Å². The maximum absolute atomic E-state index is 12.2. The predicted octanol–water partition coefficient (Wildman–Crippen LogP) is 3.24. The molecule has 0 atom stereocenters. The molecule has 2 N–H and O–H groups in total. The van der Waals surface area contributed by atoms with Crippen molar-refractivity contribution in [2.75, 3.05) is 19.0 Å². The molecule has 0 aliphatic heterocycles.